The summed E-state index contributed by atoms with van der Waals surface area (Å²) in [6.07, 6.45) is 6.92. The van der Waals surface area contributed by atoms with Crippen LogP contribution in [0.25, 0.3) is 0 Å². The molecule has 1 unspecified atom stereocenters. The third-order valence-corrected chi connectivity index (χ3v) is 2.89. The summed E-state index contributed by atoms with van der Waals surface area (Å²) in [7, 11) is 0. The van der Waals surface area contributed by atoms with E-state index in [1.165, 1.54) is 19.3 Å². The van der Waals surface area contributed by atoms with Crippen LogP contribution in [0.1, 0.15) is 64.7 Å². The van der Waals surface area contributed by atoms with E-state index in [2.05, 4.69) is 11.7 Å². The molecule has 0 heterocycles. The number of carbonyl (C=O) groups is 3. The Morgan fingerprint density at radius 2 is 1.57 bits per heavy atom. The predicted octanol–water partition coefficient (Wildman–Crippen LogP) is -2.33. The molecule has 7 heteroatoms. The molecule has 0 saturated carbocycles. The molecule has 0 radical (unpaired) electrons. The zero-order valence-corrected chi connectivity index (χ0v) is 16.2. The molecule has 0 fully saturated rings. The summed E-state index contributed by atoms with van der Waals surface area (Å²) >= 11 is 0. The van der Waals surface area contributed by atoms with E-state index in [0.29, 0.717) is 6.42 Å². The summed E-state index contributed by atoms with van der Waals surface area (Å²) in [4.78, 5) is 32.8. The van der Waals surface area contributed by atoms with Gasteiger partial charge < -0.3 is 20.4 Å². The standard InChI is InChI=1S/C14H25NO5.K/c1-2-3-4-5-6-7-8-9-13(18)20-14(19)11(15)10-12(16)17;/h11H,2-10,15H2,1H3,(H,16,17);/q;+1/p-1. The molecule has 0 aromatic carbocycles. The molecule has 0 aromatic heterocycles. The molecule has 21 heavy (non-hydrogen) atoms. The zero-order valence-electron chi connectivity index (χ0n) is 13.1. The Hall–Kier alpha value is 0.206. The maximum Gasteiger partial charge on any atom is 1.00 e. The zero-order chi connectivity index (χ0) is 15.4. The molecule has 1 atom stereocenters. The summed E-state index contributed by atoms with van der Waals surface area (Å²) in [5, 5.41) is 10.2. The Balaban J connectivity index is 0. The van der Waals surface area contributed by atoms with Crippen molar-refractivity contribution in [1.29, 1.82) is 0 Å². The van der Waals surface area contributed by atoms with Gasteiger partial charge in [-0.1, -0.05) is 45.4 Å². The van der Waals surface area contributed by atoms with E-state index < -0.39 is 30.4 Å². The quantitative estimate of drug-likeness (QED) is 0.197. The van der Waals surface area contributed by atoms with Crippen molar-refractivity contribution in [2.75, 3.05) is 0 Å². The van der Waals surface area contributed by atoms with Gasteiger partial charge in [0.15, 0.2) is 0 Å². The number of carboxylic acids is 1. The van der Waals surface area contributed by atoms with Gasteiger partial charge in [0.1, 0.15) is 6.04 Å². The Morgan fingerprint density at radius 1 is 1.05 bits per heavy atom. The molecule has 2 N–H and O–H groups in total. The van der Waals surface area contributed by atoms with E-state index in [9.17, 15) is 19.5 Å². The van der Waals surface area contributed by atoms with Gasteiger partial charge in [0.05, 0.1) is 0 Å². The molecule has 0 saturated heterocycles. The number of hydrogen-bond acceptors (Lipinski definition) is 6. The molecule has 0 aliphatic rings. The molecular formula is C14H24KNO5. The van der Waals surface area contributed by atoms with Crippen molar-refractivity contribution < 1.29 is 75.6 Å². The normalized spacial score (nSPS) is 11.3. The summed E-state index contributed by atoms with van der Waals surface area (Å²) in [5.74, 6) is -3.12. The average molecular weight is 325 g/mol. The summed E-state index contributed by atoms with van der Waals surface area (Å²) in [6.45, 7) is 2.15. The van der Waals surface area contributed by atoms with Crippen molar-refractivity contribution in [3.63, 3.8) is 0 Å². The van der Waals surface area contributed by atoms with Crippen LogP contribution in [0, 0.1) is 0 Å². The minimum Gasteiger partial charge on any atom is -0.550 e. The topological polar surface area (TPSA) is 110 Å². The molecule has 0 aliphatic carbocycles. The van der Waals surface area contributed by atoms with Crippen LogP contribution in [0.15, 0.2) is 0 Å². The van der Waals surface area contributed by atoms with Crippen molar-refractivity contribution in [2.24, 2.45) is 5.73 Å². The van der Waals surface area contributed by atoms with Gasteiger partial charge in [-0.25, -0.2) is 4.79 Å². The maximum atomic E-state index is 11.3. The number of unbranched alkanes of at least 4 members (excludes halogenated alkanes) is 6. The summed E-state index contributed by atoms with van der Waals surface area (Å²) < 4.78 is 4.46. The van der Waals surface area contributed by atoms with Crippen LogP contribution in [0.2, 0.25) is 0 Å². The first-order valence-electron chi connectivity index (χ1n) is 7.17. The molecule has 0 rings (SSSR count). The van der Waals surface area contributed by atoms with E-state index in [0.717, 1.165) is 19.3 Å². The van der Waals surface area contributed by atoms with E-state index in [-0.39, 0.29) is 57.8 Å². The fourth-order valence-electron chi connectivity index (χ4n) is 1.73. The number of hydrogen-bond donors (Lipinski definition) is 1. The molecule has 0 bridgehead atoms. The van der Waals surface area contributed by atoms with E-state index in [4.69, 9.17) is 5.73 Å². The van der Waals surface area contributed by atoms with Crippen LogP contribution in [0.5, 0.6) is 0 Å². The number of nitrogens with two attached hydrogens (primary N) is 1. The van der Waals surface area contributed by atoms with Crippen molar-refractivity contribution in [3.8, 4) is 0 Å². The number of ether oxygens (including phenoxy) is 1. The van der Waals surface area contributed by atoms with Gasteiger partial charge in [0, 0.05) is 18.8 Å². The second-order valence-corrected chi connectivity index (χ2v) is 4.85. The van der Waals surface area contributed by atoms with E-state index in [1.54, 1.807) is 0 Å². The second-order valence-electron chi connectivity index (χ2n) is 4.85. The molecule has 6 nitrogen and oxygen atoms in total. The Morgan fingerprint density at radius 3 is 2.10 bits per heavy atom. The van der Waals surface area contributed by atoms with E-state index >= 15 is 0 Å². The molecule has 0 aliphatic heterocycles. The average Bonchev–Trinajstić information content (AvgIpc) is 2.36. The maximum absolute atomic E-state index is 11.3. The van der Waals surface area contributed by atoms with Crippen LogP contribution >= 0.6 is 0 Å². The number of esters is 2. The van der Waals surface area contributed by atoms with Gasteiger partial charge >= 0.3 is 63.3 Å². The SMILES string of the molecule is CCCCCCCCCC(=O)OC(=O)C(N)CC(=O)[O-].[K+]. The Labute approximate surface area is 168 Å². The van der Waals surface area contributed by atoms with Gasteiger partial charge in [-0.2, -0.15) is 0 Å². The molecule has 0 aromatic rings. The predicted molar refractivity (Wildman–Crippen MR) is 71.3 cm³/mol. The minimum absolute atomic E-state index is 0. The van der Waals surface area contributed by atoms with Gasteiger partial charge in [-0.3, -0.25) is 4.79 Å². The second kappa shape index (κ2) is 15.1. The largest absolute Gasteiger partial charge is 1.00 e. The number of rotatable bonds is 11. The fraction of sp³-hybridized carbons (Fsp3) is 0.786. The van der Waals surface area contributed by atoms with Crippen LogP contribution in [0.4, 0.5) is 0 Å². The van der Waals surface area contributed by atoms with Gasteiger partial charge in [0.2, 0.25) is 0 Å². The van der Waals surface area contributed by atoms with Crippen molar-refractivity contribution in [1.82, 2.24) is 0 Å². The third kappa shape index (κ3) is 14.9. The monoisotopic (exact) mass is 325 g/mol. The third-order valence-electron chi connectivity index (χ3n) is 2.89. The van der Waals surface area contributed by atoms with Crippen molar-refractivity contribution in [2.45, 2.75) is 70.8 Å². The molecule has 0 amide bonds. The number of aliphatic carboxylic acids is 1. The number of carbonyl (C=O) groups excluding carboxylic acids is 3. The van der Waals surface area contributed by atoms with Crippen molar-refractivity contribution in [3.05, 3.63) is 0 Å². The smallest absolute Gasteiger partial charge is 0.550 e. The fourth-order valence-corrected chi connectivity index (χ4v) is 1.73. The van der Waals surface area contributed by atoms with Gasteiger partial charge in [-0.15, -0.1) is 0 Å². The van der Waals surface area contributed by atoms with Crippen LogP contribution in [-0.2, 0) is 19.1 Å². The molecule has 116 valence electrons. The first kappa shape index (κ1) is 23.5. The molecule has 0 spiro atoms. The van der Waals surface area contributed by atoms with Crippen LogP contribution < -0.4 is 62.2 Å². The first-order valence-corrected chi connectivity index (χ1v) is 7.17. The van der Waals surface area contributed by atoms with Crippen LogP contribution in [-0.4, -0.2) is 23.9 Å². The van der Waals surface area contributed by atoms with Gasteiger partial charge in [0.25, 0.3) is 0 Å². The minimum atomic E-state index is -1.45. The van der Waals surface area contributed by atoms with Crippen molar-refractivity contribution >= 4 is 17.9 Å². The van der Waals surface area contributed by atoms with Crippen LogP contribution in [0.3, 0.4) is 0 Å². The Kier molecular flexibility index (Phi) is 16.9. The first-order chi connectivity index (χ1) is 9.47. The number of carboxylic acid groups (broad SMARTS) is 1. The summed E-state index contributed by atoms with van der Waals surface area (Å²) in [5.41, 5.74) is 5.24. The Bertz CT molecular complexity index is 322. The van der Waals surface area contributed by atoms with Gasteiger partial charge in [-0.05, 0) is 6.42 Å². The summed E-state index contributed by atoms with van der Waals surface area (Å²) in [6, 6.07) is -1.35. The molecular weight excluding hydrogens is 301 g/mol. The van der Waals surface area contributed by atoms with E-state index in [1.807, 2.05) is 0 Å².